The van der Waals surface area contributed by atoms with Gasteiger partial charge in [0.15, 0.2) is 16.8 Å². The van der Waals surface area contributed by atoms with E-state index in [0.717, 1.165) is 17.5 Å². The van der Waals surface area contributed by atoms with Crippen LogP contribution in [0.3, 0.4) is 0 Å². The first-order valence-electron chi connectivity index (χ1n) is 27.2. The molecule has 0 radical (unpaired) electrons. The monoisotopic (exact) mass is 1240 g/mol. The van der Waals surface area contributed by atoms with Gasteiger partial charge in [-0.1, -0.05) is 119 Å². The summed E-state index contributed by atoms with van der Waals surface area (Å²) in [5.41, 5.74) is 6.37. The number of nitrogens with zero attached hydrogens (tertiary/aromatic N) is 11. The van der Waals surface area contributed by atoms with Crippen LogP contribution in [0.5, 0.6) is 0 Å². The summed E-state index contributed by atoms with van der Waals surface area (Å²) in [6.45, 7) is 3.79. The van der Waals surface area contributed by atoms with Crippen molar-refractivity contribution in [3.05, 3.63) is 144 Å². The van der Waals surface area contributed by atoms with Crippen LogP contribution in [0.2, 0.25) is 25.5 Å². The first-order chi connectivity index (χ1) is 40.4. The molecule has 434 valence electrons. The van der Waals surface area contributed by atoms with E-state index in [-0.39, 0.29) is 46.7 Å². The number of rotatable bonds is 11. The maximum atomic E-state index is 15.9. The molecule has 2 amide bonds. The number of H-pyrrole nitrogens is 1. The van der Waals surface area contributed by atoms with Crippen molar-refractivity contribution in [3.8, 4) is 11.3 Å². The molecular weight excluding hydrogens is 1190 g/mol. The van der Waals surface area contributed by atoms with Gasteiger partial charge < -0.3 is 29.9 Å². The number of hydrogen-bond donors (Lipinski definition) is 3. The lowest BCUT2D eigenvalue weighted by molar-refractivity contribution is 0.103. The van der Waals surface area contributed by atoms with Crippen molar-refractivity contribution in [2.24, 2.45) is 14.1 Å². The Morgan fingerprint density at radius 3 is 1.68 bits per heavy atom. The van der Waals surface area contributed by atoms with Crippen LogP contribution in [0.15, 0.2) is 84.9 Å². The number of fused-ring (bicyclic) bond motifs is 7. The molecule has 4 bridgehead atoms. The van der Waals surface area contributed by atoms with E-state index < -0.39 is 54.5 Å². The van der Waals surface area contributed by atoms with Gasteiger partial charge in [0.05, 0.1) is 73.1 Å². The van der Waals surface area contributed by atoms with Gasteiger partial charge in [0.25, 0.3) is 0 Å². The third-order valence-electron chi connectivity index (χ3n) is 16.2. The number of ether oxygens (including phenoxy) is 2. The molecule has 4 aliphatic rings. The molecule has 4 aromatic carbocycles. The summed E-state index contributed by atoms with van der Waals surface area (Å²) < 4.78 is 45.3. The standard InChI is InChI=1S/C29H26Cl3FN6O3.C29H27Cl2FN8O2/c1-14-28(36-26(31)24(34-14)25(40)17-9-10-18-21(22(17)30)27(32)38(2)37-18)39-16-8-11-20(39)23(33)19(12-16)35-29(41)42-13-15-6-4-3-5-7-15;1-14-28(35-27-25(33-14)24(36-37-27)17-9-10-18-21(22(17)30)26(31)39(2)38-18)40-16-8-11-20(40)23(32)19(12-16)34-29(41)42-13-15-6-4-3-5-7-15/h3-7,9-10,16,19-20,23H,8,11-13H2,1-2H3,(H,35,41);3-7,9-10,16,19-20,23H,8,11-13H2,1-2H3,(H,34,41)(H,35,36,37)/t2*16-,19-,20+,23-/m00/s1. The maximum Gasteiger partial charge on any atom is 0.407 e. The van der Waals surface area contributed by atoms with E-state index >= 15 is 8.78 Å². The van der Waals surface area contributed by atoms with E-state index in [0.29, 0.717) is 115 Å². The molecule has 9 aromatic rings. The van der Waals surface area contributed by atoms with E-state index in [1.807, 2.05) is 89.5 Å². The maximum absolute atomic E-state index is 15.9. The second-order valence-corrected chi connectivity index (χ2v) is 23.2. The molecule has 26 heteroatoms. The van der Waals surface area contributed by atoms with Crippen molar-refractivity contribution in [1.82, 2.24) is 60.3 Å². The van der Waals surface area contributed by atoms with Crippen molar-refractivity contribution < 1.29 is 32.6 Å². The molecule has 13 rings (SSSR count). The summed E-state index contributed by atoms with van der Waals surface area (Å²) in [5.74, 6) is 0.489. The Kier molecular flexibility index (Phi) is 15.8. The number of aryl methyl sites for hydroxylation is 4. The molecular formula is C58H53Cl5F2N14O5. The van der Waals surface area contributed by atoms with Crippen molar-refractivity contribution in [3.63, 3.8) is 0 Å². The number of alkyl halides is 2. The van der Waals surface area contributed by atoms with E-state index in [1.54, 1.807) is 37.8 Å². The van der Waals surface area contributed by atoms with Crippen LogP contribution in [0.4, 0.5) is 30.0 Å². The number of aromatic amines is 1. The predicted octanol–water partition coefficient (Wildman–Crippen LogP) is 12.1. The minimum atomic E-state index is -1.37. The van der Waals surface area contributed by atoms with Crippen LogP contribution in [0, 0.1) is 13.8 Å². The van der Waals surface area contributed by atoms with Crippen molar-refractivity contribution >= 4 is 121 Å². The molecule has 0 saturated carbocycles. The molecule has 0 unspecified atom stereocenters. The van der Waals surface area contributed by atoms with Gasteiger partial charge >= 0.3 is 12.2 Å². The Balaban J connectivity index is 0.000000165. The normalized spacial score (nSPS) is 21.7. The number of alkyl carbamates (subject to hydrolysis) is 2. The zero-order valence-electron chi connectivity index (χ0n) is 45.5. The van der Waals surface area contributed by atoms with E-state index in [9.17, 15) is 14.4 Å². The number of anilines is 2. The first kappa shape index (κ1) is 57.0. The average molecular weight is 1240 g/mol. The van der Waals surface area contributed by atoms with Gasteiger partial charge in [-0.25, -0.2) is 38.3 Å². The van der Waals surface area contributed by atoms with Crippen molar-refractivity contribution in [2.75, 3.05) is 9.80 Å². The lowest BCUT2D eigenvalue weighted by Crippen LogP contribution is -2.58. The number of aromatic nitrogens is 10. The molecule has 4 saturated heterocycles. The van der Waals surface area contributed by atoms with Gasteiger partial charge in [0, 0.05) is 37.3 Å². The molecule has 0 aliphatic carbocycles. The largest absolute Gasteiger partial charge is 0.445 e. The minimum Gasteiger partial charge on any atom is -0.445 e. The highest BCUT2D eigenvalue weighted by Gasteiger charge is 2.51. The molecule has 3 N–H and O–H groups in total. The zero-order valence-corrected chi connectivity index (χ0v) is 49.2. The number of piperidine rings is 2. The number of nitrogens with one attached hydrogen (secondary N) is 3. The number of hydrogen-bond acceptors (Lipinski definition) is 14. The van der Waals surface area contributed by atoms with Crippen molar-refractivity contribution in [1.29, 1.82) is 0 Å². The third kappa shape index (κ3) is 10.6. The second-order valence-electron chi connectivity index (χ2n) is 21.4. The molecule has 5 aromatic heterocycles. The second kappa shape index (κ2) is 23.2. The van der Waals surface area contributed by atoms with Crippen LogP contribution in [0.1, 0.15) is 77.1 Å². The number of benzene rings is 4. The summed E-state index contributed by atoms with van der Waals surface area (Å²) in [7, 11) is 3.43. The molecule has 84 heavy (non-hydrogen) atoms. The van der Waals surface area contributed by atoms with Gasteiger partial charge in [-0.2, -0.15) is 15.3 Å². The number of carbonyl (C=O) groups is 3. The molecule has 0 spiro atoms. The van der Waals surface area contributed by atoms with Crippen molar-refractivity contribution in [2.45, 2.75) is 114 Å². The van der Waals surface area contributed by atoms with Crippen LogP contribution >= 0.6 is 58.0 Å². The Morgan fingerprint density at radius 1 is 0.631 bits per heavy atom. The number of carbonyl (C=O) groups excluding carboxylic acids is 3. The number of amides is 2. The summed E-state index contributed by atoms with van der Waals surface area (Å²) in [6.07, 6.45) is -0.435. The highest BCUT2D eigenvalue weighted by molar-refractivity contribution is 6.45. The van der Waals surface area contributed by atoms with Crippen LogP contribution < -0.4 is 20.4 Å². The SMILES string of the molecule is Cc1nc(C(=O)c2ccc3nn(C)c(Cl)c3c2Cl)c(Cl)nc1N1[C@H]2CC[C@@H]1[C@@H](F)[C@@H](NC(=O)OCc1ccccc1)C2.Cc1nc2c(-c3ccc4nn(C)c(Cl)c4c3Cl)[nH]nc2nc1N1[C@H]2CC[C@@H]1[C@@H](F)[C@@H](NC(=O)OCc1ccccc1)C2. The minimum absolute atomic E-state index is 0.00476. The van der Waals surface area contributed by atoms with Gasteiger partial charge in [-0.15, -0.1) is 0 Å². The first-order valence-corrected chi connectivity index (χ1v) is 29.1. The molecule has 4 fully saturated rings. The van der Waals surface area contributed by atoms with E-state index in [2.05, 4.69) is 41.0 Å². The lowest BCUT2D eigenvalue weighted by atomic mass is 9.95. The Hall–Kier alpha value is -7.43. The highest BCUT2D eigenvalue weighted by atomic mass is 35.5. The smallest absolute Gasteiger partial charge is 0.407 e. The number of ketones is 1. The predicted molar refractivity (Wildman–Crippen MR) is 317 cm³/mol. The van der Waals surface area contributed by atoms with Gasteiger partial charge in [-0.3, -0.25) is 19.3 Å². The number of halogens is 7. The molecule has 9 heterocycles. The zero-order chi connectivity index (χ0) is 58.8. The summed E-state index contributed by atoms with van der Waals surface area (Å²) >= 11 is 32.7. The van der Waals surface area contributed by atoms with Crippen LogP contribution in [0.25, 0.3) is 44.2 Å². The summed E-state index contributed by atoms with van der Waals surface area (Å²) in [5, 5.41) is 23.9. The van der Waals surface area contributed by atoms with Crippen LogP contribution in [-0.4, -0.2) is 116 Å². The van der Waals surface area contributed by atoms with Gasteiger partial charge in [0.2, 0.25) is 11.4 Å². The fourth-order valence-electron chi connectivity index (χ4n) is 12.2. The van der Waals surface area contributed by atoms with Gasteiger partial charge in [-0.05, 0) is 87.8 Å². The fourth-order valence-corrected chi connectivity index (χ4v) is 13.6. The third-order valence-corrected chi connectivity index (χ3v) is 18.1. The van der Waals surface area contributed by atoms with Crippen LogP contribution in [-0.2, 0) is 36.8 Å². The average Bonchev–Trinajstić information content (AvgIpc) is 2.61. The topological polar surface area (TPSA) is 216 Å². The summed E-state index contributed by atoms with van der Waals surface area (Å²) in [6, 6.07) is 23.1. The lowest BCUT2D eigenvalue weighted by Gasteiger charge is -2.42. The fraction of sp³-hybridized carbons (Fsp3) is 0.345. The molecule has 8 atom stereocenters. The quantitative estimate of drug-likeness (QED) is 0.103. The molecule has 4 aliphatic heterocycles. The molecule has 19 nitrogen and oxygen atoms in total. The Morgan fingerprint density at radius 2 is 1.13 bits per heavy atom. The Bertz CT molecular complexity index is 4040. The highest BCUT2D eigenvalue weighted by Crippen LogP contribution is 2.45. The Labute approximate surface area is 504 Å². The van der Waals surface area contributed by atoms with E-state index in [1.165, 1.54) is 4.68 Å². The van der Waals surface area contributed by atoms with Gasteiger partial charge in [0.1, 0.15) is 47.1 Å². The summed E-state index contributed by atoms with van der Waals surface area (Å²) in [4.78, 5) is 61.1. The van der Waals surface area contributed by atoms with E-state index in [4.69, 9.17) is 77.4 Å².